The second kappa shape index (κ2) is 8.39. The minimum Gasteiger partial charge on any atom is -0.492 e. The molecular formula is C15H19BrClNO4. The molecule has 1 aromatic rings. The van der Waals surface area contributed by atoms with Crippen molar-refractivity contribution in [3.63, 3.8) is 0 Å². The molecule has 0 spiro atoms. The molecule has 7 heteroatoms. The molecule has 1 fully saturated rings. The van der Waals surface area contributed by atoms with E-state index in [1.165, 1.54) is 0 Å². The lowest BCUT2D eigenvalue weighted by atomic mass is 10.1. The van der Waals surface area contributed by atoms with Crippen molar-refractivity contribution in [2.45, 2.75) is 19.8 Å². The number of hydrogen-bond donors (Lipinski definition) is 1. The van der Waals surface area contributed by atoms with Crippen molar-refractivity contribution in [2.24, 2.45) is 5.92 Å². The Bertz CT molecular complexity index is 552. The van der Waals surface area contributed by atoms with E-state index in [-0.39, 0.29) is 31.3 Å². The van der Waals surface area contributed by atoms with E-state index in [9.17, 15) is 9.59 Å². The lowest BCUT2D eigenvalue weighted by Crippen LogP contribution is -2.30. The topological polar surface area (TPSA) is 66.8 Å². The normalized spacial score (nSPS) is 17.0. The summed E-state index contributed by atoms with van der Waals surface area (Å²) in [6.45, 7) is 3.10. The number of halogens is 2. The maximum absolute atomic E-state index is 12.0. The molecule has 122 valence electrons. The van der Waals surface area contributed by atoms with Gasteiger partial charge in [0.25, 0.3) is 0 Å². The molecule has 1 aromatic carbocycles. The number of nitrogens with zero attached hydrogens (tertiary/aromatic N) is 1. The zero-order valence-corrected chi connectivity index (χ0v) is 14.7. The van der Waals surface area contributed by atoms with Gasteiger partial charge in [-0.2, -0.15) is 0 Å². The zero-order valence-electron chi connectivity index (χ0n) is 12.3. The Morgan fingerprint density at radius 1 is 1.45 bits per heavy atom. The number of carboxylic acid groups (broad SMARTS) is 1. The van der Waals surface area contributed by atoms with Crippen molar-refractivity contribution in [1.82, 2.24) is 4.90 Å². The summed E-state index contributed by atoms with van der Waals surface area (Å²) >= 11 is 3.42. The predicted octanol–water partition coefficient (Wildman–Crippen LogP) is 2.88. The zero-order chi connectivity index (χ0) is 15.4. The molecule has 0 bridgehead atoms. The summed E-state index contributed by atoms with van der Waals surface area (Å²) in [5, 5.41) is 8.92. The van der Waals surface area contributed by atoms with Gasteiger partial charge in [0.1, 0.15) is 5.75 Å². The number of carbonyl (C=O) groups excluding carboxylic acids is 1. The third-order valence-electron chi connectivity index (χ3n) is 3.55. The van der Waals surface area contributed by atoms with Crippen LogP contribution < -0.4 is 4.74 Å². The Balaban J connectivity index is 0.00000242. The number of amides is 1. The monoisotopic (exact) mass is 391 g/mol. The SMILES string of the molecule is Cc1ccc(OCCC(=O)N2CCC(C(=O)O)C2)c(Br)c1.Cl. The fourth-order valence-corrected chi connectivity index (χ4v) is 2.93. The predicted molar refractivity (Wildman–Crippen MR) is 88.6 cm³/mol. The Morgan fingerprint density at radius 3 is 2.77 bits per heavy atom. The van der Waals surface area contributed by atoms with E-state index in [4.69, 9.17) is 9.84 Å². The number of rotatable bonds is 5. The van der Waals surface area contributed by atoms with Crippen molar-refractivity contribution < 1.29 is 19.4 Å². The maximum Gasteiger partial charge on any atom is 0.308 e. The summed E-state index contributed by atoms with van der Waals surface area (Å²) in [6, 6.07) is 5.76. The van der Waals surface area contributed by atoms with E-state index in [1.807, 2.05) is 25.1 Å². The third-order valence-corrected chi connectivity index (χ3v) is 4.17. The van der Waals surface area contributed by atoms with Crippen LogP contribution in [0.4, 0.5) is 0 Å². The smallest absolute Gasteiger partial charge is 0.308 e. The number of carbonyl (C=O) groups is 2. The quantitative estimate of drug-likeness (QED) is 0.837. The van der Waals surface area contributed by atoms with Crippen LogP contribution in [-0.2, 0) is 9.59 Å². The van der Waals surface area contributed by atoms with Gasteiger partial charge in [0.2, 0.25) is 5.91 Å². The van der Waals surface area contributed by atoms with Gasteiger partial charge >= 0.3 is 5.97 Å². The average molecular weight is 393 g/mol. The van der Waals surface area contributed by atoms with E-state index >= 15 is 0 Å². The van der Waals surface area contributed by atoms with Crippen LogP contribution in [0.3, 0.4) is 0 Å². The summed E-state index contributed by atoms with van der Waals surface area (Å²) in [5.74, 6) is -0.605. The Morgan fingerprint density at radius 2 is 2.18 bits per heavy atom. The highest BCUT2D eigenvalue weighted by Crippen LogP contribution is 2.26. The molecule has 1 N–H and O–H groups in total. The van der Waals surface area contributed by atoms with E-state index < -0.39 is 11.9 Å². The molecule has 5 nitrogen and oxygen atoms in total. The van der Waals surface area contributed by atoms with Gasteiger partial charge in [-0.1, -0.05) is 6.07 Å². The number of ether oxygens (including phenoxy) is 1. The highest BCUT2D eigenvalue weighted by molar-refractivity contribution is 9.10. The number of carboxylic acids is 1. The molecule has 1 saturated heterocycles. The molecule has 1 heterocycles. The molecule has 1 aliphatic heterocycles. The van der Waals surface area contributed by atoms with E-state index in [0.29, 0.717) is 25.3 Å². The van der Waals surface area contributed by atoms with E-state index in [0.717, 1.165) is 10.0 Å². The number of benzene rings is 1. The van der Waals surface area contributed by atoms with Crippen LogP contribution in [0.1, 0.15) is 18.4 Å². The van der Waals surface area contributed by atoms with Crippen LogP contribution in [0.2, 0.25) is 0 Å². The van der Waals surface area contributed by atoms with Gasteiger partial charge in [0, 0.05) is 13.1 Å². The number of aliphatic carboxylic acids is 1. The molecule has 0 radical (unpaired) electrons. The second-order valence-corrected chi connectivity index (χ2v) is 6.05. The molecule has 1 amide bonds. The molecule has 0 saturated carbocycles. The van der Waals surface area contributed by atoms with Crippen LogP contribution in [0, 0.1) is 12.8 Å². The van der Waals surface area contributed by atoms with Crippen molar-refractivity contribution in [3.8, 4) is 5.75 Å². The van der Waals surface area contributed by atoms with Crippen LogP contribution in [0.15, 0.2) is 22.7 Å². The van der Waals surface area contributed by atoms with Crippen molar-refractivity contribution in [2.75, 3.05) is 19.7 Å². The first kappa shape index (κ1) is 18.8. The van der Waals surface area contributed by atoms with Crippen LogP contribution >= 0.6 is 28.3 Å². The Kier molecular flexibility index (Phi) is 7.16. The van der Waals surface area contributed by atoms with E-state index in [2.05, 4.69) is 15.9 Å². The van der Waals surface area contributed by atoms with Gasteiger partial charge in [-0.25, -0.2) is 0 Å². The van der Waals surface area contributed by atoms with Gasteiger partial charge in [0.05, 0.1) is 23.4 Å². The third kappa shape index (κ3) is 4.88. The highest BCUT2D eigenvalue weighted by Gasteiger charge is 2.30. The minimum absolute atomic E-state index is 0. The van der Waals surface area contributed by atoms with Gasteiger partial charge in [-0.3, -0.25) is 9.59 Å². The summed E-state index contributed by atoms with van der Waals surface area (Å²) in [6.07, 6.45) is 0.790. The molecule has 0 aromatic heterocycles. The fraction of sp³-hybridized carbons (Fsp3) is 0.467. The number of aryl methyl sites for hydroxylation is 1. The van der Waals surface area contributed by atoms with Gasteiger partial charge in [-0.15, -0.1) is 12.4 Å². The summed E-state index contributed by atoms with van der Waals surface area (Å²) < 4.78 is 6.45. The molecule has 2 rings (SSSR count). The standard InChI is InChI=1S/C15H18BrNO4.ClH/c1-10-2-3-13(12(16)8-10)21-7-5-14(18)17-6-4-11(9-17)15(19)20;/h2-3,8,11H,4-7,9H2,1H3,(H,19,20);1H. The molecule has 22 heavy (non-hydrogen) atoms. The maximum atomic E-state index is 12.0. The Labute approximate surface area is 144 Å². The van der Waals surface area contributed by atoms with Crippen LogP contribution in [0.5, 0.6) is 5.75 Å². The largest absolute Gasteiger partial charge is 0.492 e. The minimum atomic E-state index is -0.829. The van der Waals surface area contributed by atoms with E-state index in [1.54, 1.807) is 4.90 Å². The van der Waals surface area contributed by atoms with Gasteiger partial charge in [0.15, 0.2) is 0 Å². The second-order valence-electron chi connectivity index (χ2n) is 5.20. The fourth-order valence-electron chi connectivity index (χ4n) is 2.32. The van der Waals surface area contributed by atoms with Gasteiger partial charge in [-0.05, 0) is 47.0 Å². The lowest BCUT2D eigenvalue weighted by molar-refractivity contribution is -0.141. The first-order chi connectivity index (χ1) is 9.97. The molecular weight excluding hydrogens is 374 g/mol. The van der Waals surface area contributed by atoms with Crippen LogP contribution in [-0.4, -0.2) is 41.6 Å². The molecule has 1 atom stereocenters. The van der Waals surface area contributed by atoms with Crippen molar-refractivity contribution in [3.05, 3.63) is 28.2 Å². The lowest BCUT2D eigenvalue weighted by Gasteiger charge is -2.16. The molecule has 1 aliphatic rings. The summed E-state index contributed by atoms with van der Waals surface area (Å²) in [5.41, 5.74) is 1.13. The molecule has 1 unspecified atom stereocenters. The van der Waals surface area contributed by atoms with Crippen molar-refractivity contribution in [1.29, 1.82) is 0 Å². The summed E-state index contributed by atoms with van der Waals surface area (Å²) in [7, 11) is 0. The van der Waals surface area contributed by atoms with Crippen molar-refractivity contribution >= 4 is 40.2 Å². The first-order valence-electron chi connectivity index (χ1n) is 6.87. The number of hydrogen-bond acceptors (Lipinski definition) is 3. The molecule has 0 aliphatic carbocycles. The average Bonchev–Trinajstić information content (AvgIpc) is 2.91. The number of likely N-dealkylation sites (tertiary alicyclic amines) is 1. The Hall–Kier alpha value is -1.27. The first-order valence-corrected chi connectivity index (χ1v) is 7.66. The summed E-state index contributed by atoms with van der Waals surface area (Å²) in [4.78, 5) is 24.5. The van der Waals surface area contributed by atoms with Gasteiger partial charge < -0.3 is 14.7 Å². The van der Waals surface area contributed by atoms with Crippen LogP contribution in [0.25, 0.3) is 0 Å². The highest BCUT2D eigenvalue weighted by atomic mass is 79.9.